The average Bonchev–Trinajstić information content (AvgIpc) is 3.13. The van der Waals surface area contributed by atoms with E-state index in [0.29, 0.717) is 33.3 Å². The van der Waals surface area contributed by atoms with E-state index in [1.165, 1.54) is 11.8 Å². The van der Waals surface area contributed by atoms with Gasteiger partial charge in [-0.1, -0.05) is 35.0 Å². The lowest BCUT2D eigenvalue weighted by molar-refractivity contribution is -0.116. The van der Waals surface area contributed by atoms with Gasteiger partial charge in [-0.3, -0.25) is 9.59 Å². The summed E-state index contributed by atoms with van der Waals surface area (Å²) in [5.74, 6) is 0.312. The molecule has 2 N–H and O–H groups in total. The first-order valence-corrected chi connectivity index (χ1v) is 12.9. The second kappa shape index (κ2) is 11.5. The number of thioether (sulfide) groups is 1. The van der Waals surface area contributed by atoms with Gasteiger partial charge < -0.3 is 15.2 Å². The van der Waals surface area contributed by atoms with Crippen LogP contribution in [0.3, 0.4) is 0 Å². The number of benzene rings is 2. The van der Waals surface area contributed by atoms with Crippen LogP contribution in [0.15, 0.2) is 35.5 Å². The Morgan fingerprint density at radius 1 is 1.03 bits per heavy atom. The Kier molecular flexibility index (Phi) is 9.02. The number of nitrogens with zero attached hydrogens (tertiary/aromatic N) is 3. The van der Waals surface area contributed by atoms with E-state index in [9.17, 15) is 9.59 Å². The summed E-state index contributed by atoms with van der Waals surface area (Å²) in [6, 6.07) is 8.93. The molecule has 0 saturated heterocycles. The lowest BCUT2D eigenvalue weighted by Crippen LogP contribution is -2.18. The summed E-state index contributed by atoms with van der Waals surface area (Å²) in [6.07, 6.45) is 0.0366. The summed E-state index contributed by atoms with van der Waals surface area (Å²) in [6.45, 7) is 6.45. The van der Waals surface area contributed by atoms with Gasteiger partial charge in [-0.2, -0.15) is 0 Å². The van der Waals surface area contributed by atoms with Gasteiger partial charge in [0.15, 0.2) is 5.16 Å². The van der Waals surface area contributed by atoms with Crippen LogP contribution >= 0.6 is 57.6 Å². The predicted molar refractivity (Wildman–Crippen MR) is 142 cm³/mol. The molecule has 0 aliphatic heterocycles. The molecule has 1 heterocycles. The van der Waals surface area contributed by atoms with Crippen LogP contribution in [0, 0.1) is 17.4 Å². The van der Waals surface area contributed by atoms with Crippen molar-refractivity contribution in [3.05, 3.63) is 60.9 Å². The molecule has 3 aromatic rings. The van der Waals surface area contributed by atoms with Crippen molar-refractivity contribution < 1.29 is 9.59 Å². The van der Waals surface area contributed by atoms with Crippen LogP contribution in [-0.2, 0) is 22.6 Å². The summed E-state index contributed by atoms with van der Waals surface area (Å²) < 4.78 is 2.95. The Hall–Kier alpha value is -1.82. The Morgan fingerprint density at radius 3 is 2.36 bits per heavy atom. The lowest BCUT2D eigenvalue weighted by Gasteiger charge is -2.12. The van der Waals surface area contributed by atoms with Crippen LogP contribution in [0.5, 0.6) is 0 Å². The number of carbonyl (C=O) groups excluding carboxylic acids is 2. The largest absolute Gasteiger partial charge is 0.326 e. The monoisotopic (exact) mass is 617 g/mol. The number of aromatic nitrogens is 3. The summed E-state index contributed by atoms with van der Waals surface area (Å²) in [7, 11) is 0. The molecule has 0 aliphatic rings. The van der Waals surface area contributed by atoms with Crippen LogP contribution in [0.1, 0.15) is 23.9 Å². The maximum Gasteiger partial charge on any atom is 0.234 e. The second-order valence-electron chi connectivity index (χ2n) is 7.25. The van der Waals surface area contributed by atoms with Crippen LogP contribution in [0.2, 0.25) is 10.0 Å². The fourth-order valence-corrected chi connectivity index (χ4v) is 5.26. The first-order valence-electron chi connectivity index (χ1n) is 10.0. The quantitative estimate of drug-likeness (QED) is 0.249. The van der Waals surface area contributed by atoms with Crippen molar-refractivity contribution in [2.75, 3.05) is 16.4 Å². The highest BCUT2D eigenvalue weighted by Gasteiger charge is 2.17. The van der Waals surface area contributed by atoms with Crippen molar-refractivity contribution in [3.8, 4) is 0 Å². The van der Waals surface area contributed by atoms with Crippen molar-refractivity contribution in [1.82, 2.24) is 14.8 Å². The fourth-order valence-electron chi connectivity index (χ4n) is 3.21. The van der Waals surface area contributed by atoms with Gasteiger partial charge in [-0.25, -0.2) is 0 Å². The molecule has 0 radical (unpaired) electrons. The molecule has 0 spiro atoms. The molecule has 0 fully saturated rings. The molecular weight excluding hydrogens is 596 g/mol. The minimum Gasteiger partial charge on any atom is -0.326 e. The standard InChI is InChI=1S/C22H22Cl2IN5O2S/c1-4-30-18(10-19(31)26-15-5-6-16(23)17(24)9-15)28-29-22(30)33-11-20(32)27-21-12(2)7-14(25)8-13(21)3/h5-9H,4,10-11H2,1-3H3,(H,26,31)(H,27,32). The Labute approximate surface area is 220 Å². The van der Waals surface area contributed by atoms with Crippen LogP contribution in [-0.4, -0.2) is 32.3 Å². The average molecular weight is 618 g/mol. The minimum atomic E-state index is -0.255. The van der Waals surface area contributed by atoms with Crippen molar-refractivity contribution in [3.63, 3.8) is 0 Å². The maximum absolute atomic E-state index is 12.5. The summed E-state index contributed by atoms with van der Waals surface area (Å²) >= 11 is 15.4. The van der Waals surface area contributed by atoms with E-state index in [1.807, 2.05) is 37.5 Å². The number of amides is 2. The van der Waals surface area contributed by atoms with Gasteiger partial charge in [-0.15, -0.1) is 10.2 Å². The highest BCUT2D eigenvalue weighted by molar-refractivity contribution is 14.1. The van der Waals surface area contributed by atoms with Gasteiger partial charge >= 0.3 is 0 Å². The number of anilines is 2. The molecule has 2 aromatic carbocycles. The molecule has 3 rings (SSSR count). The van der Waals surface area contributed by atoms with Gasteiger partial charge in [0.05, 0.1) is 22.2 Å². The highest BCUT2D eigenvalue weighted by atomic mass is 127. The summed E-state index contributed by atoms with van der Waals surface area (Å²) in [5, 5.41) is 15.4. The number of rotatable bonds is 8. The van der Waals surface area contributed by atoms with Crippen LogP contribution in [0.4, 0.5) is 11.4 Å². The second-order valence-corrected chi connectivity index (χ2v) is 10.3. The van der Waals surface area contributed by atoms with E-state index in [-0.39, 0.29) is 24.0 Å². The topological polar surface area (TPSA) is 88.9 Å². The molecule has 0 saturated carbocycles. The Morgan fingerprint density at radius 2 is 1.73 bits per heavy atom. The number of halogens is 3. The molecule has 0 bridgehead atoms. The lowest BCUT2D eigenvalue weighted by atomic mass is 10.1. The van der Waals surface area contributed by atoms with E-state index in [2.05, 4.69) is 43.4 Å². The smallest absolute Gasteiger partial charge is 0.234 e. The molecule has 174 valence electrons. The van der Waals surface area contributed by atoms with Crippen molar-refractivity contribution in [1.29, 1.82) is 0 Å². The summed E-state index contributed by atoms with van der Waals surface area (Å²) in [4.78, 5) is 25.0. The number of aryl methyl sites for hydroxylation is 2. The van der Waals surface area contributed by atoms with Gasteiger partial charge in [0.25, 0.3) is 0 Å². The van der Waals surface area contributed by atoms with Gasteiger partial charge in [-0.05, 0) is 84.8 Å². The third kappa shape index (κ3) is 6.84. The first kappa shape index (κ1) is 25.8. The van der Waals surface area contributed by atoms with Gasteiger partial charge in [0, 0.05) is 21.5 Å². The Balaban J connectivity index is 1.61. The van der Waals surface area contributed by atoms with Gasteiger partial charge in [0.1, 0.15) is 5.82 Å². The molecule has 0 atom stereocenters. The maximum atomic E-state index is 12.5. The molecule has 11 heteroatoms. The third-order valence-electron chi connectivity index (χ3n) is 4.73. The van der Waals surface area contributed by atoms with E-state index < -0.39 is 0 Å². The van der Waals surface area contributed by atoms with Crippen molar-refractivity contribution >= 4 is 80.7 Å². The minimum absolute atomic E-state index is 0.0366. The number of hydrogen-bond acceptors (Lipinski definition) is 5. The zero-order chi connectivity index (χ0) is 24.1. The molecule has 2 amide bonds. The number of carbonyl (C=O) groups is 2. The molecule has 7 nitrogen and oxygen atoms in total. The van der Waals surface area contributed by atoms with Gasteiger partial charge in [0.2, 0.25) is 11.8 Å². The zero-order valence-electron chi connectivity index (χ0n) is 18.2. The van der Waals surface area contributed by atoms with E-state index in [0.717, 1.165) is 20.4 Å². The van der Waals surface area contributed by atoms with E-state index in [1.54, 1.807) is 18.2 Å². The van der Waals surface area contributed by atoms with E-state index >= 15 is 0 Å². The molecule has 0 aliphatic carbocycles. The van der Waals surface area contributed by atoms with Crippen LogP contribution in [0.25, 0.3) is 0 Å². The predicted octanol–water partition coefficient (Wildman–Crippen LogP) is 5.74. The van der Waals surface area contributed by atoms with E-state index in [4.69, 9.17) is 23.2 Å². The number of nitrogens with one attached hydrogen (secondary N) is 2. The van der Waals surface area contributed by atoms with Crippen molar-refractivity contribution in [2.45, 2.75) is 38.9 Å². The van der Waals surface area contributed by atoms with Crippen LogP contribution < -0.4 is 10.6 Å². The summed E-state index contributed by atoms with van der Waals surface area (Å²) in [5.41, 5.74) is 3.41. The molecule has 33 heavy (non-hydrogen) atoms. The molecular formula is C22H22Cl2IN5O2S. The Bertz CT molecular complexity index is 1180. The SMILES string of the molecule is CCn1c(CC(=O)Nc2ccc(Cl)c(Cl)c2)nnc1SCC(=O)Nc1c(C)cc(I)cc1C. The highest BCUT2D eigenvalue weighted by Crippen LogP contribution is 2.26. The fraction of sp³-hybridized carbons (Fsp3) is 0.273. The molecule has 1 aromatic heterocycles. The molecule has 0 unspecified atom stereocenters. The van der Waals surface area contributed by atoms with Crippen molar-refractivity contribution in [2.24, 2.45) is 0 Å². The first-order chi connectivity index (χ1) is 15.7. The normalized spacial score (nSPS) is 10.8. The zero-order valence-corrected chi connectivity index (χ0v) is 22.7. The number of hydrogen-bond donors (Lipinski definition) is 2. The third-order valence-corrected chi connectivity index (χ3v) is 7.05.